The molecule has 0 saturated carbocycles. The average molecular weight is 196 g/mol. The van der Waals surface area contributed by atoms with E-state index in [2.05, 4.69) is 26.1 Å². The van der Waals surface area contributed by atoms with Crippen LogP contribution in [0.4, 0.5) is 0 Å². The first-order chi connectivity index (χ1) is 3.06. The zero-order valence-electron chi connectivity index (χ0n) is 8.12. The molecule has 0 unspecified atom stereocenters. The van der Waals surface area contributed by atoms with Gasteiger partial charge in [-0.25, -0.2) is 0 Å². The molecule has 0 aromatic carbocycles. The molecule has 0 aromatic rings. The van der Waals surface area contributed by atoms with Gasteiger partial charge in [-0.2, -0.15) is 5.41 Å². The van der Waals surface area contributed by atoms with Gasteiger partial charge in [-0.3, -0.25) is 0 Å². The Labute approximate surface area is 79.7 Å². The molecule has 10 heavy (non-hydrogen) atoms. The van der Waals surface area contributed by atoms with Crippen molar-refractivity contribution in [2.24, 2.45) is 5.41 Å². The molecule has 0 aromatic heterocycles. The Morgan fingerprint density at radius 1 is 1.30 bits per heavy atom. The fourth-order valence-corrected chi connectivity index (χ4v) is 0.479. The Bertz CT molecular complexity index is 47.7. The van der Waals surface area contributed by atoms with E-state index >= 15 is 0 Å². The van der Waals surface area contributed by atoms with E-state index in [-0.39, 0.29) is 39.7 Å². The largest absolute Gasteiger partial charge is 0.358 e. The van der Waals surface area contributed by atoms with Gasteiger partial charge in [-0.05, 0) is 13.6 Å². The summed E-state index contributed by atoms with van der Waals surface area (Å²) in [5.41, 5.74) is 0.189. The quantitative estimate of drug-likeness (QED) is 0.525. The van der Waals surface area contributed by atoms with Gasteiger partial charge in [0.1, 0.15) is 0 Å². The average Bonchev–Trinajstić information content (AvgIpc) is 1.30. The van der Waals surface area contributed by atoms with Crippen LogP contribution >= 0.6 is 0 Å². The fraction of sp³-hybridized carbons (Fsp3) is 0.625. The van der Waals surface area contributed by atoms with E-state index in [1.807, 2.05) is 7.05 Å². The van der Waals surface area contributed by atoms with Gasteiger partial charge in [0.15, 0.2) is 0 Å². The first kappa shape index (κ1) is 22.4. The van der Waals surface area contributed by atoms with E-state index < -0.39 is 0 Å². The minimum atomic E-state index is 0. The molecule has 0 amide bonds. The van der Waals surface area contributed by atoms with Crippen LogP contribution in [0.2, 0.25) is 0 Å². The Kier molecular flexibility index (Phi) is 21.5. The molecule has 0 heterocycles. The van der Waals surface area contributed by atoms with Crippen LogP contribution in [-0.2, 0) is 19.5 Å². The smallest absolute Gasteiger partial charge is 0 e. The van der Waals surface area contributed by atoms with E-state index in [1.54, 1.807) is 0 Å². The second-order valence-corrected chi connectivity index (χ2v) is 2.69. The van der Waals surface area contributed by atoms with Crippen LogP contribution < -0.4 is 5.32 Å². The molecule has 2 heteroatoms. The Balaban J connectivity index is -0.0000000600. The zero-order chi connectivity index (χ0) is 5.91. The summed E-state index contributed by atoms with van der Waals surface area (Å²) in [4.78, 5) is 0. The molecular weight excluding hydrogens is 175 g/mol. The first-order valence-corrected chi connectivity index (χ1v) is 2.56. The molecule has 0 aliphatic rings. The van der Waals surface area contributed by atoms with Gasteiger partial charge in [-0.1, -0.05) is 13.8 Å². The number of hydrogen-bond acceptors (Lipinski definition) is 1. The molecule has 0 bridgehead atoms. The van der Waals surface area contributed by atoms with Gasteiger partial charge in [0, 0.05) is 19.5 Å². The summed E-state index contributed by atoms with van der Waals surface area (Å²) in [6, 6.07) is 0. The third-order valence-electron chi connectivity index (χ3n) is 0.655. The monoisotopic (exact) mass is 194 g/mol. The third kappa shape index (κ3) is 23.5. The van der Waals surface area contributed by atoms with Gasteiger partial charge in [0.25, 0.3) is 0 Å². The van der Waals surface area contributed by atoms with Gasteiger partial charge >= 0.3 is 0 Å². The van der Waals surface area contributed by atoms with E-state index in [0.29, 0.717) is 0 Å². The van der Waals surface area contributed by atoms with Crippen molar-refractivity contribution >= 4 is 0 Å². The fourth-order valence-electron chi connectivity index (χ4n) is 0.479. The van der Waals surface area contributed by atoms with Gasteiger partial charge in [0.05, 0.1) is 0 Å². The molecule has 0 atom stereocenters. The summed E-state index contributed by atoms with van der Waals surface area (Å²) in [5.74, 6) is 0. The van der Waals surface area contributed by atoms with Crippen molar-refractivity contribution in [1.29, 1.82) is 0 Å². The SMILES string of the molecule is [CH2-]C(C)(C)CNC.[CH3-].[CH3-].[Zn]. The summed E-state index contributed by atoms with van der Waals surface area (Å²) >= 11 is 0. The molecule has 0 saturated heterocycles. The molecule has 0 fully saturated rings. The van der Waals surface area contributed by atoms with Crippen molar-refractivity contribution in [3.05, 3.63) is 21.8 Å². The van der Waals surface area contributed by atoms with E-state index in [1.165, 1.54) is 0 Å². The van der Waals surface area contributed by atoms with E-state index in [4.69, 9.17) is 0 Å². The summed E-state index contributed by atoms with van der Waals surface area (Å²) in [6.45, 7) is 9.08. The number of hydrogen-bond donors (Lipinski definition) is 1. The Morgan fingerprint density at radius 3 is 1.60 bits per heavy atom. The van der Waals surface area contributed by atoms with E-state index in [0.717, 1.165) is 6.54 Å². The molecule has 0 radical (unpaired) electrons. The standard InChI is InChI=1S/C6H14N.2CH3.Zn/c1-6(2,3)5-7-4;;;/h7H,1,5H2,2-4H3;2*1H3;/q3*-1;. The number of nitrogens with one attached hydrogen (secondary N) is 1. The molecule has 0 spiro atoms. The van der Waals surface area contributed by atoms with Crippen molar-refractivity contribution in [3.63, 3.8) is 0 Å². The molecule has 0 aliphatic heterocycles. The van der Waals surface area contributed by atoms with Crippen LogP contribution in [0.5, 0.6) is 0 Å². The van der Waals surface area contributed by atoms with Crippen molar-refractivity contribution in [2.45, 2.75) is 13.8 Å². The van der Waals surface area contributed by atoms with Crippen LogP contribution in [0.25, 0.3) is 0 Å². The van der Waals surface area contributed by atoms with Crippen LogP contribution in [-0.4, -0.2) is 13.6 Å². The predicted molar refractivity (Wildman–Crippen MR) is 45.9 cm³/mol. The van der Waals surface area contributed by atoms with Gasteiger partial charge < -0.3 is 27.1 Å². The van der Waals surface area contributed by atoms with Crippen LogP contribution in [0.3, 0.4) is 0 Å². The summed E-state index contributed by atoms with van der Waals surface area (Å²) in [7, 11) is 1.94. The topological polar surface area (TPSA) is 12.0 Å². The second kappa shape index (κ2) is 9.58. The van der Waals surface area contributed by atoms with Crippen LogP contribution in [0.1, 0.15) is 13.8 Å². The van der Waals surface area contributed by atoms with Crippen molar-refractivity contribution in [2.75, 3.05) is 13.6 Å². The van der Waals surface area contributed by atoms with Crippen molar-refractivity contribution < 1.29 is 19.5 Å². The Hall–Kier alpha value is 0.583. The second-order valence-electron chi connectivity index (χ2n) is 2.69. The first-order valence-electron chi connectivity index (χ1n) is 2.56. The third-order valence-corrected chi connectivity index (χ3v) is 0.655. The molecule has 0 rings (SSSR count). The van der Waals surface area contributed by atoms with Gasteiger partial charge in [0.2, 0.25) is 0 Å². The molecular formula is C8H20NZn-3. The zero-order valence-corrected chi connectivity index (χ0v) is 11.1. The van der Waals surface area contributed by atoms with Crippen molar-refractivity contribution in [1.82, 2.24) is 5.32 Å². The summed E-state index contributed by atoms with van der Waals surface area (Å²) in [6.07, 6.45) is 0. The summed E-state index contributed by atoms with van der Waals surface area (Å²) < 4.78 is 0. The maximum absolute atomic E-state index is 3.90. The Morgan fingerprint density at radius 2 is 1.60 bits per heavy atom. The minimum Gasteiger partial charge on any atom is -0.358 e. The number of rotatable bonds is 2. The normalized spacial score (nSPS) is 8.40. The molecule has 0 aliphatic carbocycles. The van der Waals surface area contributed by atoms with E-state index in [9.17, 15) is 0 Å². The predicted octanol–water partition coefficient (Wildman–Crippen LogP) is 1.96. The van der Waals surface area contributed by atoms with Crippen LogP contribution in [0.15, 0.2) is 0 Å². The maximum atomic E-state index is 3.90. The van der Waals surface area contributed by atoms with Crippen molar-refractivity contribution in [3.8, 4) is 0 Å². The molecule has 62 valence electrons. The minimum absolute atomic E-state index is 0. The molecule has 1 nitrogen and oxygen atoms in total. The van der Waals surface area contributed by atoms with Crippen LogP contribution in [0, 0.1) is 27.2 Å². The molecule has 1 N–H and O–H groups in total. The summed E-state index contributed by atoms with van der Waals surface area (Å²) in [5, 5.41) is 3.05. The maximum Gasteiger partial charge on any atom is 0 e. The van der Waals surface area contributed by atoms with Gasteiger partial charge in [-0.15, -0.1) is 0 Å².